The SMILES string of the molecule is CN(C)c1nccc2oc(C(=O)Nc3ccc(Cl)cn3)c(NC(=O)C3CCC(CN4CCCC4)CC3)c12. The first-order valence-corrected chi connectivity index (χ1v) is 13.3. The number of aromatic nitrogens is 2. The third-order valence-electron chi connectivity index (χ3n) is 7.36. The van der Waals surface area contributed by atoms with Crippen LogP contribution in [0.15, 0.2) is 35.0 Å². The van der Waals surface area contributed by atoms with Crippen molar-refractivity contribution in [2.45, 2.75) is 38.5 Å². The number of fused-ring (bicyclic) bond motifs is 1. The Morgan fingerprint density at radius 2 is 1.84 bits per heavy atom. The number of hydrogen-bond donors (Lipinski definition) is 2. The highest BCUT2D eigenvalue weighted by molar-refractivity contribution is 6.30. The van der Waals surface area contributed by atoms with Gasteiger partial charge in [-0.25, -0.2) is 9.97 Å². The predicted octanol–water partition coefficient (Wildman–Crippen LogP) is 5.04. The zero-order valence-electron chi connectivity index (χ0n) is 21.3. The Morgan fingerprint density at radius 1 is 1.08 bits per heavy atom. The molecule has 0 bridgehead atoms. The molecule has 1 aliphatic carbocycles. The standard InChI is InChI=1S/C27H33ClN6O3/c1-33(2)25-22-20(11-12-29-25)37-24(27(36)31-21-10-9-19(28)15-30-21)23(22)32-26(35)18-7-5-17(6-8-18)16-34-13-3-4-14-34/h9-12,15,17-18H,3-8,13-14,16H2,1-2H3,(H,32,35)(H,30,31,36). The van der Waals surface area contributed by atoms with E-state index < -0.39 is 5.91 Å². The molecular formula is C27H33ClN6O3. The predicted molar refractivity (Wildman–Crippen MR) is 145 cm³/mol. The molecule has 10 heteroatoms. The summed E-state index contributed by atoms with van der Waals surface area (Å²) in [5.74, 6) is 0.889. The van der Waals surface area contributed by atoms with Crippen LogP contribution >= 0.6 is 11.6 Å². The number of halogens is 1. The lowest BCUT2D eigenvalue weighted by Crippen LogP contribution is -2.32. The first-order valence-electron chi connectivity index (χ1n) is 12.9. The number of carbonyl (C=O) groups is 2. The average molecular weight is 525 g/mol. The maximum atomic E-state index is 13.5. The molecule has 9 nitrogen and oxygen atoms in total. The zero-order chi connectivity index (χ0) is 25.9. The first kappa shape index (κ1) is 25.5. The summed E-state index contributed by atoms with van der Waals surface area (Å²) in [6.45, 7) is 3.54. The fraction of sp³-hybridized carbons (Fsp3) is 0.481. The molecule has 0 unspecified atom stereocenters. The van der Waals surface area contributed by atoms with Gasteiger partial charge in [0.1, 0.15) is 22.9 Å². The lowest BCUT2D eigenvalue weighted by molar-refractivity contribution is -0.121. The third-order valence-corrected chi connectivity index (χ3v) is 7.59. The monoisotopic (exact) mass is 524 g/mol. The quantitative estimate of drug-likeness (QED) is 0.446. The van der Waals surface area contributed by atoms with E-state index in [2.05, 4.69) is 25.5 Å². The Hall–Kier alpha value is -3.17. The minimum Gasteiger partial charge on any atom is -0.448 e. The Morgan fingerprint density at radius 3 is 2.51 bits per heavy atom. The van der Waals surface area contributed by atoms with Crippen molar-refractivity contribution < 1.29 is 14.0 Å². The maximum absolute atomic E-state index is 13.5. The third kappa shape index (κ3) is 5.72. The van der Waals surface area contributed by atoms with E-state index in [1.165, 1.54) is 32.1 Å². The summed E-state index contributed by atoms with van der Waals surface area (Å²) in [5, 5.41) is 6.85. The smallest absolute Gasteiger partial charge is 0.294 e. The van der Waals surface area contributed by atoms with Crippen LogP contribution in [0.2, 0.25) is 5.02 Å². The Kier molecular flexibility index (Phi) is 7.62. The van der Waals surface area contributed by atoms with Gasteiger partial charge >= 0.3 is 0 Å². The Bertz CT molecular complexity index is 1260. The minimum atomic E-state index is -0.514. The Balaban J connectivity index is 1.36. The molecule has 1 saturated carbocycles. The van der Waals surface area contributed by atoms with Gasteiger partial charge in [0, 0.05) is 39.0 Å². The van der Waals surface area contributed by atoms with Crippen molar-refractivity contribution in [1.82, 2.24) is 14.9 Å². The zero-order valence-corrected chi connectivity index (χ0v) is 22.1. The summed E-state index contributed by atoms with van der Waals surface area (Å²) in [4.78, 5) is 39.7. The molecule has 3 aromatic rings. The lowest BCUT2D eigenvalue weighted by Gasteiger charge is -2.30. The number of carbonyl (C=O) groups excluding carboxylic acids is 2. The van der Waals surface area contributed by atoms with Crippen LogP contribution in [0.3, 0.4) is 0 Å². The summed E-state index contributed by atoms with van der Waals surface area (Å²) in [7, 11) is 3.72. The molecule has 196 valence electrons. The second-order valence-corrected chi connectivity index (χ2v) is 10.7. The molecule has 3 aromatic heterocycles. The van der Waals surface area contributed by atoms with Gasteiger partial charge in [0.15, 0.2) is 0 Å². The molecule has 4 heterocycles. The highest BCUT2D eigenvalue weighted by atomic mass is 35.5. The Labute approximate surface area is 221 Å². The molecule has 1 aliphatic heterocycles. The topological polar surface area (TPSA) is 104 Å². The summed E-state index contributed by atoms with van der Waals surface area (Å²) < 4.78 is 5.97. The molecule has 2 aliphatic rings. The van der Waals surface area contributed by atoms with Gasteiger partial charge < -0.3 is 24.9 Å². The van der Waals surface area contributed by atoms with Gasteiger partial charge in [-0.15, -0.1) is 0 Å². The molecule has 5 rings (SSSR count). The second-order valence-electron chi connectivity index (χ2n) is 10.2. The van der Waals surface area contributed by atoms with E-state index in [1.807, 2.05) is 19.0 Å². The van der Waals surface area contributed by atoms with Gasteiger partial charge in [0.05, 0.1) is 10.4 Å². The number of hydrogen-bond acceptors (Lipinski definition) is 7. The molecule has 1 saturated heterocycles. The highest BCUT2D eigenvalue weighted by Gasteiger charge is 2.31. The largest absolute Gasteiger partial charge is 0.448 e. The van der Waals surface area contributed by atoms with Gasteiger partial charge in [-0.05, 0) is 75.7 Å². The fourth-order valence-electron chi connectivity index (χ4n) is 5.43. The highest BCUT2D eigenvalue weighted by Crippen LogP contribution is 2.38. The van der Waals surface area contributed by atoms with Crippen molar-refractivity contribution in [1.29, 1.82) is 0 Å². The van der Waals surface area contributed by atoms with Crippen molar-refractivity contribution >= 4 is 51.7 Å². The molecule has 0 atom stereocenters. The van der Waals surface area contributed by atoms with Crippen LogP contribution in [0.1, 0.15) is 49.1 Å². The normalized spacial score (nSPS) is 20.2. The van der Waals surface area contributed by atoms with E-state index in [4.69, 9.17) is 16.0 Å². The van der Waals surface area contributed by atoms with Gasteiger partial charge in [0.2, 0.25) is 11.7 Å². The summed E-state index contributed by atoms with van der Waals surface area (Å²) >= 11 is 5.92. The molecule has 0 spiro atoms. The van der Waals surface area contributed by atoms with Crippen LogP contribution in [0.25, 0.3) is 11.0 Å². The van der Waals surface area contributed by atoms with E-state index in [9.17, 15) is 9.59 Å². The van der Waals surface area contributed by atoms with E-state index in [0.717, 1.165) is 32.2 Å². The molecular weight excluding hydrogens is 492 g/mol. The summed E-state index contributed by atoms with van der Waals surface area (Å²) in [6, 6.07) is 4.94. The van der Waals surface area contributed by atoms with Gasteiger partial charge in [0.25, 0.3) is 5.91 Å². The summed E-state index contributed by atoms with van der Waals surface area (Å²) in [6.07, 6.45) is 9.43. The van der Waals surface area contributed by atoms with E-state index in [0.29, 0.717) is 39.2 Å². The van der Waals surface area contributed by atoms with Crippen molar-refractivity contribution in [2.75, 3.05) is 49.3 Å². The minimum absolute atomic E-state index is 0.0129. The number of nitrogens with one attached hydrogen (secondary N) is 2. The van der Waals surface area contributed by atoms with Crippen LogP contribution in [0.5, 0.6) is 0 Å². The number of likely N-dealkylation sites (tertiary alicyclic amines) is 1. The van der Waals surface area contributed by atoms with E-state index >= 15 is 0 Å². The van der Waals surface area contributed by atoms with Gasteiger partial charge in [-0.1, -0.05) is 11.6 Å². The van der Waals surface area contributed by atoms with Gasteiger partial charge in [-0.3, -0.25) is 9.59 Å². The van der Waals surface area contributed by atoms with Crippen LogP contribution < -0.4 is 15.5 Å². The first-order chi connectivity index (χ1) is 17.9. The lowest BCUT2D eigenvalue weighted by atomic mass is 9.81. The fourth-order valence-corrected chi connectivity index (χ4v) is 5.54. The molecule has 2 amide bonds. The maximum Gasteiger partial charge on any atom is 0.294 e. The van der Waals surface area contributed by atoms with Crippen molar-refractivity contribution in [2.24, 2.45) is 11.8 Å². The molecule has 37 heavy (non-hydrogen) atoms. The van der Waals surface area contributed by atoms with Crippen LogP contribution in [-0.2, 0) is 4.79 Å². The van der Waals surface area contributed by atoms with Crippen LogP contribution in [-0.4, -0.2) is 60.4 Å². The number of furan rings is 1. The average Bonchev–Trinajstić information content (AvgIpc) is 3.53. The number of nitrogens with zero attached hydrogens (tertiary/aromatic N) is 4. The molecule has 2 fully saturated rings. The molecule has 0 radical (unpaired) electrons. The number of pyridine rings is 2. The summed E-state index contributed by atoms with van der Waals surface area (Å²) in [5.41, 5.74) is 0.806. The van der Waals surface area contributed by atoms with E-state index in [1.54, 1.807) is 24.4 Å². The van der Waals surface area contributed by atoms with Gasteiger partial charge in [-0.2, -0.15) is 0 Å². The van der Waals surface area contributed by atoms with Crippen molar-refractivity contribution in [3.8, 4) is 0 Å². The van der Waals surface area contributed by atoms with Crippen LogP contribution in [0, 0.1) is 11.8 Å². The van der Waals surface area contributed by atoms with E-state index in [-0.39, 0.29) is 17.6 Å². The molecule has 0 aromatic carbocycles. The number of anilines is 3. The number of rotatable bonds is 7. The molecule has 2 N–H and O–H groups in total. The van der Waals surface area contributed by atoms with Crippen molar-refractivity contribution in [3.63, 3.8) is 0 Å². The number of amides is 2. The van der Waals surface area contributed by atoms with Crippen molar-refractivity contribution in [3.05, 3.63) is 41.4 Å². The van der Waals surface area contributed by atoms with Crippen LogP contribution in [0.4, 0.5) is 17.3 Å². The second kappa shape index (κ2) is 11.1.